The highest BCUT2D eigenvalue weighted by Crippen LogP contribution is 2.23. The van der Waals surface area contributed by atoms with Crippen molar-refractivity contribution in [3.8, 4) is 0 Å². The van der Waals surface area contributed by atoms with Gasteiger partial charge < -0.3 is 4.90 Å². The smallest absolute Gasteiger partial charge is 0.254 e. The van der Waals surface area contributed by atoms with Crippen molar-refractivity contribution in [3.05, 3.63) is 101 Å². The summed E-state index contributed by atoms with van der Waals surface area (Å²) in [5, 5.41) is 0. The first kappa shape index (κ1) is 21.7. The largest absolute Gasteiger partial charge is 0.335 e. The normalized spacial score (nSPS) is 12.4. The van der Waals surface area contributed by atoms with Crippen molar-refractivity contribution < 1.29 is 13.2 Å². The molecule has 6 heteroatoms. The van der Waals surface area contributed by atoms with Crippen LogP contribution in [0.5, 0.6) is 0 Å². The van der Waals surface area contributed by atoms with Crippen LogP contribution in [0.15, 0.2) is 83.8 Å². The number of carbonyl (C=O) groups excluding carboxylic acids is 1. The lowest BCUT2D eigenvalue weighted by Gasteiger charge is -2.26. The molecule has 0 unspecified atom stereocenters. The first-order valence-electron chi connectivity index (χ1n) is 9.76. The summed E-state index contributed by atoms with van der Waals surface area (Å²) in [6.45, 7) is 3.94. The molecular formula is C24H26N2O3S. The lowest BCUT2D eigenvalue weighted by Crippen LogP contribution is -2.30. The molecule has 5 nitrogen and oxygen atoms in total. The van der Waals surface area contributed by atoms with Gasteiger partial charge in [0.05, 0.1) is 10.9 Å². The average Bonchev–Trinajstić information content (AvgIpc) is 2.77. The van der Waals surface area contributed by atoms with Crippen LogP contribution in [0, 0.1) is 6.92 Å². The Hall–Kier alpha value is -2.96. The zero-order valence-electron chi connectivity index (χ0n) is 17.4. The molecule has 0 bridgehead atoms. The lowest BCUT2D eigenvalue weighted by molar-refractivity contribution is 0.0741. The minimum Gasteiger partial charge on any atom is -0.335 e. The van der Waals surface area contributed by atoms with E-state index >= 15 is 0 Å². The molecule has 0 aliphatic carbocycles. The standard InChI is InChI=1S/C24H26N2O3S/c1-18-14-15-22(30(28,29)25-17-20-10-6-4-7-11-20)16-23(18)24(27)26(3)19(2)21-12-8-5-9-13-21/h4-16,19,25H,17H2,1-3H3/t19-/m1/s1. The van der Waals surface area contributed by atoms with E-state index in [9.17, 15) is 13.2 Å². The van der Waals surface area contributed by atoms with E-state index in [4.69, 9.17) is 0 Å². The van der Waals surface area contributed by atoms with Gasteiger partial charge in [-0.3, -0.25) is 4.79 Å². The molecule has 0 aromatic heterocycles. The van der Waals surface area contributed by atoms with Crippen molar-refractivity contribution in [1.82, 2.24) is 9.62 Å². The van der Waals surface area contributed by atoms with Gasteiger partial charge in [0.25, 0.3) is 5.91 Å². The molecule has 156 valence electrons. The number of hydrogen-bond donors (Lipinski definition) is 1. The molecule has 1 atom stereocenters. The van der Waals surface area contributed by atoms with E-state index in [1.165, 1.54) is 12.1 Å². The fraction of sp³-hybridized carbons (Fsp3) is 0.208. The van der Waals surface area contributed by atoms with Crippen molar-refractivity contribution in [2.45, 2.75) is 31.3 Å². The molecular weight excluding hydrogens is 396 g/mol. The summed E-state index contributed by atoms with van der Waals surface area (Å²) in [5.41, 5.74) is 2.98. The van der Waals surface area contributed by atoms with Gasteiger partial charge in [-0.2, -0.15) is 0 Å². The number of aryl methyl sites for hydroxylation is 1. The number of rotatable bonds is 7. The van der Waals surface area contributed by atoms with E-state index in [0.29, 0.717) is 5.56 Å². The molecule has 0 fully saturated rings. The SMILES string of the molecule is Cc1ccc(S(=O)(=O)NCc2ccccc2)cc1C(=O)N(C)[C@H](C)c1ccccc1. The van der Waals surface area contributed by atoms with Crippen molar-refractivity contribution in [2.75, 3.05) is 7.05 Å². The number of amides is 1. The molecule has 0 heterocycles. The number of nitrogens with zero attached hydrogens (tertiary/aromatic N) is 1. The van der Waals surface area contributed by atoms with Crippen LogP contribution in [0.2, 0.25) is 0 Å². The van der Waals surface area contributed by atoms with E-state index in [2.05, 4.69) is 4.72 Å². The maximum Gasteiger partial charge on any atom is 0.254 e. The van der Waals surface area contributed by atoms with Crippen molar-refractivity contribution in [3.63, 3.8) is 0 Å². The highest BCUT2D eigenvalue weighted by molar-refractivity contribution is 7.89. The molecule has 0 spiro atoms. The predicted molar refractivity (Wildman–Crippen MR) is 119 cm³/mol. The van der Waals surface area contributed by atoms with Crippen LogP contribution < -0.4 is 4.72 Å². The van der Waals surface area contributed by atoms with E-state index in [1.807, 2.05) is 74.5 Å². The molecule has 1 N–H and O–H groups in total. The number of nitrogens with one attached hydrogen (secondary N) is 1. The van der Waals surface area contributed by atoms with E-state index in [-0.39, 0.29) is 23.4 Å². The Bertz CT molecular complexity index is 1110. The summed E-state index contributed by atoms with van der Waals surface area (Å²) >= 11 is 0. The number of benzene rings is 3. The van der Waals surface area contributed by atoms with Gasteiger partial charge in [-0.25, -0.2) is 13.1 Å². The number of hydrogen-bond acceptors (Lipinski definition) is 3. The van der Waals surface area contributed by atoms with Crippen LogP contribution in [-0.2, 0) is 16.6 Å². The summed E-state index contributed by atoms with van der Waals surface area (Å²) in [6.07, 6.45) is 0. The molecule has 1 amide bonds. The molecule has 0 aliphatic heterocycles. The number of sulfonamides is 1. The Morgan fingerprint density at radius 3 is 2.20 bits per heavy atom. The molecule has 3 aromatic rings. The highest BCUT2D eigenvalue weighted by atomic mass is 32.2. The maximum atomic E-state index is 13.1. The second-order valence-corrected chi connectivity index (χ2v) is 9.06. The van der Waals surface area contributed by atoms with Crippen molar-refractivity contribution in [1.29, 1.82) is 0 Å². The summed E-state index contributed by atoms with van der Waals surface area (Å²) in [4.78, 5) is 14.9. The minimum absolute atomic E-state index is 0.0770. The zero-order chi connectivity index (χ0) is 21.7. The quantitative estimate of drug-likeness (QED) is 0.617. The average molecular weight is 423 g/mol. The molecule has 0 saturated carbocycles. The third-order valence-electron chi connectivity index (χ3n) is 5.24. The zero-order valence-corrected chi connectivity index (χ0v) is 18.2. The molecule has 3 aromatic carbocycles. The second kappa shape index (κ2) is 9.24. The van der Waals surface area contributed by atoms with Crippen LogP contribution in [0.3, 0.4) is 0 Å². The van der Waals surface area contributed by atoms with E-state index in [0.717, 1.165) is 16.7 Å². The van der Waals surface area contributed by atoms with E-state index < -0.39 is 10.0 Å². The van der Waals surface area contributed by atoms with Gasteiger partial charge in [0, 0.05) is 19.2 Å². The van der Waals surface area contributed by atoms with Gasteiger partial charge in [0.2, 0.25) is 10.0 Å². The Balaban J connectivity index is 1.82. The maximum absolute atomic E-state index is 13.1. The monoisotopic (exact) mass is 422 g/mol. The Morgan fingerprint density at radius 1 is 0.967 bits per heavy atom. The Morgan fingerprint density at radius 2 is 1.57 bits per heavy atom. The summed E-state index contributed by atoms with van der Waals surface area (Å²) < 4.78 is 28.2. The molecule has 0 aliphatic rings. The first-order valence-corrected chi connectivity index (χ1v) is 11.2. The van der Waals surface area contributed by atoms with Gasteiger partial charge in [-0.15, -0.1) is 0 Å². The molecule has 30 heavy (non-hydrogen) atoms. The van der Waals surface area contributed by atoms with Crippen LogP contribution in [0.25, 0.3) is 0 Å². The molecule has 0 radical (unpaired) electrons. The van der Waals surface area contributed by atoms with Gasteiger partial charge in [-0.1, -0.05) is 66.7 Å². The van der Waals surface area contributed by atoms with Crippen LogP contribution in [0.1, 0.15) is 40.0 Å². The van der Waals surface area contributed by atoms with Crippen LogP contribution >= 0.6 is 0 Å². The van der Waals surface area contributed by atoms with Crippen molar-refractivity contribution >= 4 is 15.9 Å². The summed E-state index contributed by atoms with van der Waals surface area (Å²) in [6, 6.07) is 23.5. The Labute approximate surface area is 178 Å². The van der Waals surface area contributed by atoms with Gasteiger partial charge in [-0.05, 0) is 42.7 Å². The third kappa shape index (κ3) is 4.96. The fourth-order valence-corrected chi connectivity index (χ4v) is 4.22. The van der Waals surface area contributed by atoms with E-state index in [1.54, 1.807) is 18.0 Å². The third-order valence-corrected chi connectivity index (χ3v) is 6.64. The lowest BCUT2D eigenvalue weighted by atomic mass is 10.0. The van der Waals surface area contributed by atoms with Gasteiger partial charge in [0.1, 0.15) is 0 Å². The van der Waals surface area contributed by atoms with Crippen LogP contribution in [0.4, 0.5) is 0 Å². The highest BCUT2D eigenvalue weighted by Gasteiger charge is 2.23. The van der Waals surface area contributed by atoms with Crippen LogP contribution in [-0.4, -0.2) is 26.3 Å². The second-order valence-electron chi connectivity index (χ2n) is 7.29. The summed E-state index contributed by atoms with van der Waals surface area (Å²) in [5.74, 6) is -0.219. The predicted octanol–water partition coefficient (Wildman–Crippen LogP) is 4.31. The number of carbonyl (C=O) groups is 1. The molecule has 0 saturated heterocycles. The topological polar surface area (TPSA) is 66.5 Å². The summed E-state index contributed by atoms with van der Waals surface area (Å²) in [7, 11) is -2.02. The van der Waals surface area contributed by atoms with Crippen molar-refractivity contribution in [2.24, 2.45) is 0 Å². The van der Waals surface area contributed by atoms with Gasteiger partial charge >= 0.3 is 0 Å². The molecule has 3 rings (SSSR count). The van der Waals surface area contributed by atoms with Gasteiger partial charge in [0.15, 0.2) is 0 Å². The fourth-order valence-electron chi connectivity index (χ4n) is 3.18. The first-order chi connectivity index (χ1) is 14.3. The Kier molecular flexibility index (Phi) is 6.70. The minimum atomic E-state index is -3.75.